The van der Waals surface area contributed by atoms with E-state index in [0.29, 0.717) is 25.7 Å². The Labute approximate surface area is 561 Å². The molecule has 0 aromatic rings. The molecule has 17 nitrogen and oxygen atoms in total. The van der Waals surface area contributed by atoms with Gasteiger partial charge in [-0.3, -0.25) is 37.3 Å². The maximum absolute atomic E-state index is 13.0. The molecule has 0 aromatic carbocycles. The summed E-state index contributed by atoms with van der Waals surface area (Å²) in [5.74, 6) is -2.15. The number of esters is 4. The van der Waals surface area contributed by atoms with Gasteiger partial charge in [-0.25, -0.2) is 9.13 Å². The van der Waals surface area contributed by atoms with E-state index in [1.807, 2.05) is 0 Å². The Bertz CT molecular complexity index is 1850. The van der Waals surface area contributed by atoms with Gasteiger partial charge in [0.1, 0.15) is 19.3 Å². The zero-order valence-electron chi connectivity index (χ0n) is 59.0. The number of ether oxygens (including phenoxy) is 4. The first-order chi connectivity index (χ1) is 44.7. The molecule has 0 saturated heterocycles. The molecule has 0 aliphatic rings. The van der Waals surface area contributed by atoms with E-state index in [9.17, 15) is 43.2 Å². The number of aliphatic hydroxyl groups excluding tert-OH is 1. The molecule has 92 heavy (non-hydrogen) atoms. The summed E-state index contributed by atoms with van der Waals surface area (Å²) in [7, 11) is -9.92. The van der Waals surface area contributed by atoms with Gasteiger partial charge in [0.15, 0.2) is 12.2 Å². The van der Waals surface area contributed by atoms with Crippen molar-refractivity contribution in [2.75, 3.05) is 39.6 Å². The molecule has 3 N–H and O–H groups in total. The van der Waals surface area contributed by atoms with Crippen molar-refractivity contribution in [1.29, 1.82) is 0 Å². The fourth-order valence-corrected chi connectivity index (χ4v) is 12.2. The smallest absolute Gasteiger partial charge is 0.462 e. The minimum atomic E-state index is -4.96. The first-order valence-electron chi connectivity index (χ1n) is 37.6. The number of phosphoric ester groups is 2. The van der Waals surface area contributed by atoms with Crippen molar-refractivity contribution in [3.05, 3.63) is 24.3 Å². The molecule has 0 radical (unpaired) electrons. The van der Waals surface area contributed by atoms with Crippen molar-refractivity contribution in [3.8, 4) is 0 Å². The Morgan fingerprint density at radius 2 is 0.511 bits per heavy atom. The van der Waals surface area contributed by atoms with E-state index in [0.717, 1.165) is 122 Å². The van der Waals surface area contributed by atoms with Gasteiger partial charge in [0.25, 0.3) is 0 Å². The Balaban J connectivity index is 5.27. The van der Waals surface area contributed by atoms with Crippen molar-refractivity contribution < 1.29 is 80.2 Å². The molecule has 0 amide bonds. The molecule has 0 bridgehead atoms. The number of rotatable bonds is 72. The minimum Gasteiger partial charge on any atom is -0.462 e. The third kappa shape index (κ3) is 66.2. The quantitative estimate of drug-likeness (QED) is 0.0169. The molecule has 5 unspecified atom stereocenters. The van der Waals surface area contributed by atoms with Crippen LogP contribution < -0.4 is 0 Å². The van der Waals surface area contributed by atoms with Crippen molar-refractivity contribution in [3.63, 3.8) is 0 Å². The van der Waals surface area contributed by atoms with Gasteiger partial charge in [-0.15, -0.1) is 0 Å². The van der Waals surface area contributed by atoms with E-state index in [1.165, 1.54) is 161 Å². The van der Waals surface area contributed by atoms with Gasteiger partial charge in [-0.2, -0.15) is 0 Å². The first kappa shape index (κ1) is 89.5. The van der Waals surface area contributed by atoms with Gasteiger partial charge in [-0.05, 0) is 70.6 Å². The van der Waals surface area contributed by atoms with Gasteiger partial charge >= 0.3 is 39.5 Å². The van der Waals surface area contributed by atoms with E-state index in [1.54, 1.807) is 0 Å². The molecule has 0 aromatic heterocycles. The number of hydrogen-bond acceptors (Lipinski definition) is 15. The Kier molecular flexibility index (Phi) is 65.3. The highest BCUT2D eigenvalue weighted by atomic mass is 31.2. The molecule has 0 aliphatic carbocycles. The van der Waals surface area contributed by atoms with Crippen molar-refractivity contribution in [2.45, 2.75) is 380 Å². The predicted molar refractivity (Wildman–Crippen MR) is 372 cm³/mol. The van der Waals surface area contributed by atoms with Crippen LogP contribution in [0.1, 0.15) is 362 Å². The highest BCUT2D eigenvalue weighted by molar-refractivity contribution is 7.47. The van der Waals surface area contributed by atoms with Crippen molar-refractivity contribution >= 4 is 39.5 Å². The second kappa shape index (κ2) is 67.1. The zero-order chi connectivity index (χ0) is 67.5. The number of aliphatic hydroxyl groups is 1. The van der Waals surface area contributed by atoms with Crippen LogP contribution in [0.2, 0.25) is 0 Å². The molecule has 542 valence electrons. The summed E-state index contributed by atoms with van der Waals surface area (Å²) < 4.78 is 68.3. The van der Waals surface area contributed by atoms with E-state index in [-0.39, 0.29) is 25.7 Å². The second-order valence-electron chi connectivity index (χ2n) is 25.6. The largest absolute Gasteiger partial charge is 0.472 e. The van der Waals surface area contributed by atoms with Crippen LogP contribution in [0, 0.1) is 0 Å². The Hall–Kier alpha value is -2.46. The number of phosphoric acid groups is 2. The average Bonchev–Trinajstić information content (AvgIpc) is 3.58. The summed E-state index contributed by atoms with van der Waals surface area (Å²) in [6.07, 6.45) is 58.9. The van der Waals surface area contributed by atoms with Crippen LogP contribution in [-0.4, -0.2) is 96.7 Å². The Morgan fingerprint density at radius 1 is 0.293 bits per heavy atom. The van der Waals surface area contributed by atoms with Crippen LogP contribution in [0.25, 0.3) is 0 Å². The molecule has 0 spiro atoms. The third-order valence-electron chi connectivity index (χ3n) is 16.4. The molecule has 0 heterocycles. The topological polar surface area (TPSA) is 237 Å². The molecular formula is C73H138O17P2. The normalized spacial score (nSPS) is 14.1. The first-order valence-corrected chi connectivity index (χ1v) is 40.6. The SMILES string of the molecule is CCCC/C=C\CCCCCCCC(=O)OC(COC(=O)CCCCCCCCCCCCCCC)COP(=O)(O)OCC(O)COP(=O)(O)OCC(COC(=O)CCCCCCC/C=C\CCCCCCCC)OC(=O)CCCCCCCCCCCCCCC. The lowest BCUT2D eigenvalue weighted by Gasteiger charge is -2.21. The summed E-state index contributed by atoms with van der Waals surface area (Å²) in [4.78, 5) is 72.6. The number of carbonyl (C=O) groups is 4. The number of carbonyl (C=O) groups excluding carboxylic acids is 4. The maximum atomic E-state index is 13.0. The summed E-state index contributed by atoms with van der Waals surface area (Å²) in [5.41, 5.74) is 0. The van der Waals surface area contributed by atoms with Gasteiger partial charge in [0.05, 0.1) is 26.4 Å². The molecule has 0 aliphatic heterocycles. The zero-order valence-corrected chi connectivity index (χ0v) is 60.8. The standard InChI is InChI=1S/C73H138O17P2/c1-5-9-13-17-21-25-29-32-33-36-39-42-46-50-54-58-71(76)84-64-69(90-73(78)60-56-52-48-44-40-35-31-27-23-19-15-11-7-3)66-88-92(81,82)86-62-67(74)61-85-91(79,80)87-65-68(89-72(77)59-55-51-47-43-37-28-24-20-16-12-8-4)63-83-70(75)57-53-49-45-41-38-34-30-26-22-18-14-10-6-2/h20,24,32-33,67-69,74H,5-19,21-23,25-31,34-66H2,1-4H3,(H,79,80)(H,81,82)/b24-20-,33-32-. The van der Waals surface area contributed by atoms with Crippen LogP contribution >= 0.6 is 15.6 Å². The fourth-order valence-electron chi connectivity index (χ4n) is 10.6. The lowest BCUT2D eigenvalue weighted by molar-refractivity contribution is -0.161. The van der Waals surface area contributed by atoms with Gasteiger partial charge in [0.2, 0.25) is 0 Å². The molecular weight excluding hydrogens is 1210 g/mol. The molecule has 0 fully saturated rings. The third-order valence-corrected chi connectivity index (χ3v) is 18.3. The van der Waals surface area contributed by atoms with Crippen LogP contribution in [0.15, 0.2) is 24.3 Å². The molecule has 19 heteroatoms. The summed E-state index contributed by atoms with van der Waals surface area (Å²) in [6, 6.07) is 0. The van der Waals surface area contributed by atoms with Gasteiger partial charge in [0, 0.05) is 25.7 Å². The van der Waals surface area contributed by atoms with Crippen molar-refractivity contribution in [2.24, 2.45) is 0 Å². The number of hydrogen-bond donors (Lipinski definition) is 3. The van der Waals surface area contributed by atoms with E-state index < -0.39 is 97.5 Å². The lowest BCUT2D eigenvalue weighted by Crippen LogP contribution is -2.30. The Morgan fingerprint density at radius 3 is 0.783 bits per heavy atom. The van der Waals surface area contributed by atoms with Crippen molar-refractivity contribution in [1.82, 2.24) is 0 Å². The van der Waals surface area contributed by atoms with Gasteiger partial charge in [-0.1, -0.05) is 290 Å². The van der Waals surface area contributed by atoms with E-state index in [2.05, 4.69) is 52.0 Å². The maximum Gasteiger partial charge on any atom is 0.472 e. The summed E-state index contributed by atoms with van der Waals surface area (Å²) >= 11 is 0. The molecule has 0 rings (SSSR count). The molecule has 5 atom stereocenters. The highest BCUT2D eigenvalue weighted by Crippen LogP contribution is 2.45. The van der Waals surface area contributed by atoms with Crippen LogP contribution in [0.5, 0.6) is 0 Å². The summed E-state index contributed by atoms with van der Waals surface area (Å²) in [6.45, 7) is 4.88. The van der Waals surface area contributed by atoms with Gasteiger partial charge < -0.3 is 33.8 Å². The van der Waals surface area contributed by atoms with Crippen LogP contribution in [-0.2, 0) is 65.4 Å². The second-order valence-corrected chi connectivity index (χ2v) is 28.5. The predicted octanol–water partition coefficient (Wildman–Crippen LogP) is 21.0. The van der Waals surface area contributed by atoms with E-state index in [4.69, 9.17) is 37.0 Å². The highest BCUT2D eigenvalue weighted by Gasteiger charge is 2.30. The minimum absolute atomic E-state index is 0.0926. The van der Waals surface area contributed by atoms with Crippen LogP contribution in [0.4, 0.5) is 0 Å². The fraction of sp³-hybridized carbons (Fsp3) is 0.890. The van der Waals surface area contributed by atoms with Crippen LogP contribution in [0.3, 0.4) is 0 Å². The number of unbranched alkanes of at least 4 members (excludes halogenated alkanes) is 42. The summed E-state index contributed by atoms with van der Waals surface area (Å²) in [5, 5.41) is 10.6. The number of allylic oxidation sites excluding steroid dienone is 4. The monoisotopic (exact) mass is 1350 g/mol. The van der Waals surface area contributed by atoms with E-state index >= 15 is 0 Å². The lowest BCUT2D eigenvalue weighted by atomic mass is 10.0. The average molecular weight is 1350 g/mol. The molecule has 0 saturated carbocycles.